The predicted molar refractivity (Wildman–Crippen MR) is 81.8 cm³/mol. The second kappa shape index (κ2) is 5.19. The van der Waals surface area contributed by atoms with Crippen LogP contribution in [-0.4, -0.2) is 28.9 Å². The van der Waals surface area contributed by atoms with Gasteiger partial charge < -0.3 is 14.4 Å². The fourth-order valence-electron chi connectivity index (χ4n) is 3.00. The Kier molecular flexibility index (Phi) is 3.22. The van der Waals surface area contributed by atoms with E-state index >= 15 is 0 Å². The number of ether oxygens (including phenoxy) is 2. The average molecular weight is 335 g/mol. The summed E-state index contributed by atoms with van der Waals surface area (Å²) >= 11 is 0. The van der Waals surface area contributed by atoms with Crippen molar-refractivity contribution in [1.29, 1.82) is 0 Å². The molecule has 0 spiro atoms. The summed E-state index contributed by atoms with van der Waals surface area (Å²) in [5.41, 5.74) is 1.48. The minimum Gasteiger partial charge on any atom is -0.395 e. The van der Waals surface area contributed by atoms with Crippen molar-refractivity contribution in [3.05, 3.63) is 45.9 Å². The third-order valence-electron chi connectivity index (χ3n) is 4.13. The van der Waals surface area contributed by atoms with Gasteiger partial charge in [0, 0.05) is 31.4 Å². The monoisotopic (exact) mass is 335 g/mol. The van der Waals surface area contributed by atoms with E-state index in [-0.39, 0.29) is 17.1 Å². The van der Waals surface area contributed by atoms with Gasteiger partial charge in [-0.25, -0.2) is 4.98 Å². The van der Waals surface area contributed by atoms with Gasteiger partial charge in [-0.05, 0) is 31.0 Å². The van der Waals surface area contributed by atoms with Crippen molar-refractivity contribution in [3.8, 4) is 11.5 Å². The van der Waals surface area contributed by atoms with Gasteiger partial charge in [0.25, 0.3) is 5.56 Å². The Morgan fingerprint density at radius 2 is 2.00 bits per heavy atom. The molecule has 0 atom stereocenters. The highest BCUT2D eigenvalue weighted by atomic mass is 19.3. The Morgan fingerprint density at radius 1 is 1.21 bits per heavy atom. The van der Waals surface area contributed by atoms with Crippen molar-refractivity contribution in [1.82, 2.24) is 9.55 Å². The molecule has 0 unspecified atom stereocenters. The molecule has 126 valence electrons. The Bertz CT molecular complexity index is 866. The molecule has 4 rings (SSSR count). The Morgan fingerprint density at radius 3 is 2.83 bits per heavy atom. The first-order chi connectivity index (χ1) is 11.4. The van der Waals surface area contributed by atoms with Gasteiger partial charge in [-0.1, -0.05) is 6.07 Å². The van der Waals surface area contributed by atoms with E-state index in [0.29, 0.717) is 37.7 Å². The quantitative estimate of drug-likeness (QED) is 0.858. The largest absolute Gasteiger partial charge is 0.586 e. The van der Waals surface area contributed by atoms with Crippen LogP contribution in [0.5, 0.6) is 11.5 Å². The van der Waals surface area contributed by atoms with Crippen LogP contribution in [0.15, 0.2) is 29.1 Å². The minimum atomic E-state index is -3.60. The summed E-state index contributed by atoms with van der Waals surface area (Å²) in [6, 6.07) is 6.29. The molecule has 0 saturated carbocycles. The molecule has 8 heteroatoms. The number of halogens is 2. The van der Waals surface area contributed by atoms with Crippen molar-refractivity contribution in [2.75, 3.05) is 18.0 Å². The van der Waals surface area contributed by atoms with Gasteiger partial charge in [-0.15, -0.1) is 8.78 Å². The minimum absolute atomic E-state index is 0.0408. The standard InChI is InChI=1S/C16H15F2N3O3/c1-10-8-14(22)21-7-6-20(15(21)19-10)5-4-11-2-3-12-13(9-11)24-16(17,18)23-12/h2-3,8-9H,4-7H2,1H3. The highest BCUT2D eigenvalue weighted by Crippen LogP contribution is 2.41. The number of hydrogen-bond acceptors (Lipinski definition) is 5. The molecule has 3 heterocycles. The van der Waals surface area contributed by atoms with E-state index in [2.05, 4.69) is 14.5 Å². The van der Waals surface area contributed by atoms with Crippen LogP contribution < -0.4 is 19.9 Å². The van der Waals surface area contributed by atoms with Crippen LogP contribution in [0.2, 0.25) is 0 Å². The predicted octanol–water partition coefficient (Wildman–Crippen LogP) is 1.94. The molecule has 2 aliphatic rings. The van der Waals surface area contributed by atoms with Crippen molar-refractivity contribution in [2.45, 2.75) is 26.2 Å². The Hall–Kier alpha value is -2.64. The molecule has 0 amide bonds. The zero-order chi connectivity index (χ0) is 16.9. The summed E-state index contributed by atoms with van der Waals surface area (Å²) in [6.07, 6.45) is -2.98. The van der Waals surface area contributed by atoms with Crippen LogP contribution in [0.4, 0.5) is 14.7 Å². The lowest BCUT2D eigenvalue weighted by molar-refractivity contribution is -0.286. The second-order valence-electron chi connectivity index (χ2n) is 5.87. The number of benzene rings is 1. The van der Waals surface area contributed by atoms with Crippen molar-refractivity contribution >= 4 is 5.95 Å². The van der Waals surface area contributed by atoms with Gasteiger partial charge in [-0.3, -0.25) is 9.36 Å². The summed E-state index contributed by atoms with van der Waals surface area (Å²) in [7, 11) is 0. The van der Waals surface area contributed by atoms with Crippen LogP contribution in [0.1, 0.15) is 11.3 Å². The molecule has 24 heavy (non-hydrogen) atoms. The number of anilines is 1. The molecule has 0 radical (unpaired) electrons. The van der Waals surface area contributed by atoms with Gasteiger partial charge in [0.15, 0.2) is 11.5 Å². The van der Waals surface area contributed by atoms with E-state index in [4.69, 9.17) is 0 Å². The number of aryl methyl sites for hydroxylation is 1. The van der Waals surface area contributed by atoms with Crippen LogP contribution in [0.25, 0.3) is 0 Å². The van der Waals surface area contributed by atoms with Crippen LogP contribution in [-0.2, 0) is 13.0 Å². The Labute approximate surface area is 136 Å². The fraction of sp³-hybridized carbons (Fsp3) is 0.375. The fourth-order valence-corrected chi connectivity index (χ4v) is 3.00. The van der Waals surface area contributed by atoms with E-state index in [1.54, 1.807) is 23.6 Å². The maximum absolute atomic E-state index is 13.0. The molecular formula is C16H15F2N3O3. The molecular weight excluding hydrogens is 320 g/mol. The van der Waals surface area contributed by atoms with Gasteiger partial charge in [0.05, 0.1) is 0 Å². The zero-order valence-corrected chi connectivity index (χ0v) is 13.0. The summed E-state index contributed by atoms with van der Waals surface area (Å²) < 4.78 is 36.6. The van der Waals surface area contributed by atoms with Crippen molar-refractivity contribution in [3.63, 3.8) is 0 Å². The van der Waals surface area contributed by atoms with Crippen molar-refractivity contribution < 1.29 is 18.3 Å². The van der Waals surface area contributed by atoms with Gasteiger partial charge in [0.1, 0.15) is 0 Å². The van der Waals surface area contributed by atoms with E-state index < -0.39 is 6.29 Å². The smallest absolute Gasteiger partial charge is 0.395 e. The van der Waals surface area contributed by atoms with Gasteiger partial charge >= 0.3 is 6.29 Å². The molecule has 0 aliphatic carbocycles. The molecule has 0 fully saturated rings. The summed E-state index contributed by atoms with van der Waals surface area (Å²) in [4.78, 5) is 18.4. The van der Waals surface area contributed by atoms with Crippen LogP contribution >= 0.6 is 0 Å². The number of aromatic nitrogens is 2. The SMILES string of the molecule is Cc1cc(=O)n2c(n1)N(CCc1ccc3c(c1)OC(F)(F)O3)CC2. The molecule has 1 aromatic carbocycles. The molecule has 2 aromatic rings. The highest BCUT2D eigenvalue weighted by Gasteiger charge is 2.43. The molecule has 0 saturated heterocycles. The maximum Gasteiger partial charge on any atom is 0.586 e. The first-order valence-corrected chi connectivity index (χ1v) is 7.63. The average Bonchev–Trinajstić information content (AvgIpc) is 3.03. The van der Waals surface area contributed by atoms with Crippen LogP contribution in [0.3, 0.4) is 0 Å². The molecule has 0 bridgehead atoms. The second-order valence-corrected chi connectivity index (χ2v) is 5.87. The third kappa shape index (κ3) is 2.57. The van der Waals surface area contributed by atoms with E-state index in [1.165, 1.54) is 12.1 Å². The summed E-state index contributed by atoms with van der Waals surface area (Å²) in [5, 5.41) is 0. The number of nitrogens with zero attached hydrogens (tertiary/aromatic N) is 3. The van der Waals surface area contributed by atoms with E-state index in [1.807, 2.05) is 4.90 Å². The normalized spacial score (nSPS) is 17.2. The maximum atomic E-state index is 13.0. The Balaban J connectivity index is 1.49. The first kappa shape index (κ1) is 14.9. The molecule has 2 aliphatic heterocycles. The molecule has 6 nitrogen and oxygen atoms in total. The lowest BCUT2D eigenvalue weighted by Crippen LogP contribution is -2.26. The van der Waals surface area contributed by atoms with Gasteiger partial charge in [-0.2, -0.15) is 0 Å². The lowest BCUT2D eigenvalue weighted by Gasteiger charge is -2.17. The summed E-state index contributed by atoms with van der Waals surface area (Å²) in [6.45, 7) is 3.73. The third-order valence-corrected chi connectivity index (χ3v) is 4.13. The number of rotatable bonds is 3. The number of fused-ring (bicyclic) bond motifs is 2. The van der Waals surface area contributed by atoms with Crippen LogP contribution in [0, 0.1) is 6.92 Å². The lowest BCUT2D eigenvalue weighted by atomic mass is 10.1. The number of alkyl halides is 2. The topological polar surface area (TPSA) is 56.6 Å². The number of hydrogen-bond donors (Lipinski definition) is 0. The van der Waals surface area contributed by atoms with Gasteiger partial charge in [0.2, 0.25) is 5.95 Å². The highest BCUT2D eigenvalue weighted by molar-refractivity contribution is 5.45. The first-order valence-electron chi connectivity index (χ1n) is 7.63. The van der Waals surface area contributed by atoms with E-state index in [0.717, 1.165) is 5.56 Å². The molecule has 1 aromatic heterocycles. The van der Waals surface area contributed by atoms with Crippen molar-refractivity contribution in [2.24, 2.45) is 0 Å². The summed E-state index contributed by atoms with van der Waals surface area (Å²) in [5.74, 6) is 0.746. The zero-order valence-electron chi connectivity index (χ0n) is 13.0. The molecule has 0 N–H and O–H groups in total. The van der Waals surface area contributed by atoms with E-state index in [9.17, 15) is 13.6 Å².